The molecule has 0 heterocycles. The Bertz CT molecular complexity index is 258. The van der Waals surface area contributed by atoms with Crippen LogP contribution in [0.15, 0.2) is 0 Å². The number of aliphatic hydroxyl groups is 1. The van der Waals surface area contributed by atoms with Crippen molar-refractivity contribution >= 4 is 16.0 Å². The summed E-state index contributed by atoms with van der Waals surface area (Å²) in [7, 11) is -2.57. The number of hydrogen-bond donors (Lipinski definition) is 2. The van der Waals surface area contributed by atoms with Crippen LogP contribution in [-0.2, 0) is 19.6 Å². The molecule has 0 spiro atoms. The fraction of sp³-hybridized carbons (Fsp3) is 0.833. The van der Waals surface area contributed by atoms with Gasteiger partial charge in [-0.05, 0) is 6.92 Å². The molecule has 1 atom stereocenters. The van der Waals surface area contributed by atoms with E-state index in [2.05, 4.69) is 4.74 Å². The van der Waals surface area contributed by atoms with Crippen molar-refractivity contribution in [1.29, 1.82) is 0 Å². The molecule has 0 saturated carbocycles. The molecule has 0 saturated heterocycles. The molecule has 78 valence electrons. The predicted octanol–water partition coefficient (Wildman–Crippen LogP) is -1.54. The molecule has 0 aromatic rings. The van der Waals surface area contributed by atoms with Gasteiger partial charge in [-0.25, -0.2) is 13.1 Å². The van der Waals surface area contributed by atoms with Gasteiger partial charge in [-0.1, -0.05) is 0 Å². The summed E-state index contributed by atoms with van der Waals surface area (Å²) in [4.78, 5) is 10.6. The lowest BCUT2D eigenvalue weighted by Gasteiger charge is -2.06. The molecule has 0 radical (unpaired) electrons. The van der Waals surface area contributed by atoms with Crippen LogP contribution in [0, 0.1) is 0 Å². The van der Waals surface area contributed by atoms with Gasteiger partial charge in [0.05, 0.1) is 13.2 Å². The van der Waals surface area contributed by atoms with E-state index in [4.69, 9.17) is 5.11 Å². The van der Waals surface area contributed by atoms with Gasteiger partial charge in [0.2, 0.25) is 10.0 Å². The highest BCUT2D eigenvalue weighted by Crippen LogP contribution is 1.87. The van der Waals surface area contributed by atoms with Crippen LogP contribution in [0.3, 0.4) is 0 Å². The normalized spacial score (nSPS) is 13.8. The molecular weight excluding hydrogens is 198 g/mol. The van der Waals surface area contributed by atoms with Crippen molar-refractivity contribution < 1.29 is 23.1 Å². The highest BCUT2D eigenvalue weighted by atomic mass is 32.2. The third kappa shape index (κ3) is 6.50. The molecule has 6 nitrogen and oxygen atoms in total. The molecule has 2 N–H and O–H groups in total. The maximum Gasteiger partial charge on any atom is 0.322 e. The van der Waals surface area contributed by atoms with Gasteiger partial charge >= 0.3 is 5.97 Å². The predicted molar refractivity (Wildman–Crippen MR) is 45.5 cm³/mol. The summed E-state index contributed by atoms with van der Waals surface area (Å²) in [6.07, 6.45) is -0.785. The molecule has 0 fully saturated rings. The maximum atomic E-state index is 11.0. The zero-order chi connectivity index (χ0) is 10.5. The topological polar surface area (TPSA) is 92.7 Å². The lowest BCUT2D eigenvalue weighted by molar-refractivity contribution is -0.137. The summed E-state index contributed by atoms with van der Waals surface area (Å²) >= 11 is 0. The average molecular weight is 211 g/mol. The average Bonchev–Trinajstić information content (AvgIpc) is 2.00. The summed E-state index contributed by atoms with van der Waals surface area (Å²) in [5, 5.41) is 8.76. The van der Waals surface area contributed by atoms with Gasteiger partial charge in [0.25, 0.3) is 0 Å². The molecule has 7 heteroatoms. The van der Waals surface area contributed by atoms with Crippen molar-refractivity contribution in [2.75, 3.05) is 19.4 Å². The number of hydrogen-bond acceptors (Lipinski definition) is 5. The van der Waals surface area contributed by atoms with Crippen LogP contribution < -0.4 is 4.72 Å². The number of aliphatic hydroxyl groups excluding tert-OH is 1. The van der Waals surface area contributed by atoms with Gasteiger partial charge in [-0.2, -0.15) is 0 Å². The zero-order valence-electron chi connectivity index (χ0n) is 7.48. The third-order valence-corrected chi connectivity index (χ3v) is 2.36. The summed E-state index contributed by atoms with van der Waals surface area (Å²) in [6.45, 7) is 1.32. The summed E-state index contributed by atoms with van der Waals surface area (Å²) in [5.41, 5.74) is 0. The molecule has 0 aromatic carbocycles. The monoisotopic (exact) mass is 211 g/mol. The molecule has 0 unspecified atom stereocenters. The van der Waals surface area contributed by atoms with E-state index in [0.717, 1.165) is 7.11 Å². The highest BCUT2D eigenvalue weighted by Gasteiger charge is 2.16. The summed E-state index contributed by atoms with van der Waals surface area (Å²) in [6, 6.07) is 0. The second-order valence-corrected chi connectivity index (χ2v) is 4.34. The third-order valence-electron chi connectivity index (χ3n) is 1.13. The number of carbonyl (C=O) groups is 1. The Morgan fingerprint density at radius 1 is 1.62 bits per heavy atom. The van der Waals surface area contributed by atoms with Crippen LogP contribution in [0.5, 0.6) is 0 Å². The number of nitrogens with one attached hydrogen (secondary N) is 1. The second kappa shape index (κ2) is 5.15. The Morgan fingerprint density at radius 3 is 2.54 bits per heavy atom. The van der Waals surface area contributed by atoms with Crippen LogP contribution in [0.4, 0.5) is 0 Å². The minimum absolute atomic E-state index is 0.112. The van der Waals surface area contributed by atoms with E-state index in [9.17, 15) is 13.2 Å². The van der Waals surface area contributed by atoms with Crippen molar-refractivity contribution in [3.05, 3.63) is 0 Å². The zero-order valence-corrected chi connectivity index (χ0v) is 8.30. The van der Waals surface area contributed by atoms with Gasteiger partial charge in [0.15, 0.2) is 5.75 Å². The maximum absolute atomic E-state index is 11.0. The molecule has 0 aliphatic rings. The van der Waals surface area contributed by atoms with Gasteiger partial charge in [-0.3, -0.25) is 4.79 Å². The SMILES string of the molecule is COC(=O)CS(=O)(=O)NC[C@@H](C)O. The Hall–Kier alpha value is -0.660. The van der Waals surface area contributed by atoms with Crippen LogP contribution in [0.25, 0.3) is 0 Å². The van der Waals surface area contributed by atoms with Gasteiger partial charge in [0, 0.05) is 6.54 Å². The number of sulfonamides is 1. The molecule has 0 bridgehead atoms. The first kappa shape index (κ1) is 12.3. The van der Waals surface area contributed by atoms with Crippen molar-refractivity contribution in [3.8, 4) is 0 Å². The molecule has 0 aromatic heterocycles. The standard InChI is InChI=1S/C6H13NO5S/c1-5(8)3-7-13(10,11)4-6(9)12-2/h5,7-8H,3-4H2,1-2H3/t5-/m1/s1. The van der Waals surface area contributed by atoms with E-state index in [1.54, 1.807) is 0 Å². The van der Waals surface area contributed by atoms with Crippen LogP contribution in [0.1, 0.15) is 6.92 Å². The minimum Gasteiger partial charge on any atom is -0.468 e. The fourth-order valence-corrected chi connectivity index (χ4v) is 1.54. The second-order valence-electron chi connectivity index (χ2n) is 2.53. The summed E-state index contributed by atoms with van der Waals surface area (Å²) < 4.78 is 28.2. The first-order valence-corrected chi connectivity index (χ1v) is 5.25. The number of ether oxygens (including phenoxy) is 1. The molecule has 0 rings (SSSR count). The number of esters is 1. The molecular formula is C6H13NO5S. The van der Waals surface area contributed by atoms with Gasteiger partial charge in [-0.15, -0.1) is 0 Å². The number of methoxy groups -OCH3 is 1. The first-order valence-electron chi connectivity index (χ1n) is 3.59. The van der Waals surface area contributed by atoms with Crippen molar-refractivity contribution in [1.82, 2.24) is 4.72 Å². The summed E-state index contributed by atoms with van der Waals surface area (Å²) in [5.74, 6) is -1.56. The fourth-order valence-electron chi connectivity index (χ4n) is 0.513. The molecule has 0 aliphatic heterocycles. The molecule has 0 aliphatic carbocycles. The number of carbonyl (C=O) groups excluding carboxylic acids is 1. The Morgan fingerprint density at radius 2 is 2.15 bits per heavy atom. The van der Waals surface area contributed by atoms with E-state index in [-0.39, 0.29) is 6.54 Å². The first-order chi connectivity index (χ1) is 5.87. The smallest absolute Gasteiger partial charge is 0.322 e. The number of rotatable bonds is 5. The Balaban J connectivity index is 4.02. The van der Waals surface area contributed by atoms with Gasteiger partial charge in [0.1, 0.15) is 0 Å². The lowest BCUT2D eigenvalue weighted by Crippen LogP contribution is -2.35. The minimum atomic E-state index is -3.67. The Kier molecular flexibility index (Phi) is 4.89. The van der Waals surface area contributed by atoms with E-state index in [0.29, 0.717) is 0 Å². The van der Waals surface area contributed by atoms with E-state index in [1.165, 1.54) is 6.92 Å². The van der Waals surface area contributed by atoms with Crippen LogP contribution in [0.2, 0.25) is 0 Å². The molecule has 13 heavy (non-hydrogen) atoms. The van der Waals surface area contributed by atoms with Crippen LogP contribution >= 0.6 is 0 Å². The molecule has 0 amide bonds. The van der Waals surface area contributed by atoms with Gasteiger partial charge < -0.3 is 9.84 Å². The lowest BCUT2D eigenvalue weighted by atomic mass is 10.4. The quantitative estimate of drug-likeness (QED) is 0.538. The highest BCUT2D eigenvalue weighted by molar-refractivity contribution is 7.90. The Labute approximate surface area is 76.9 Å². The van der Waals surface area contributed by atoms with E-state index in [1.807, 2.05) is 4.72 Å². The van der Waals surface area contributed by atoms with E-state index < -0.39 is 27.8 Å². The largest absolute Gasteiger partial charge is 0.468 e. The van der Waals surface area contributed by atoms with Crippen molar-refractivity contribution in [2.24, 2.45) is 0 Å². The van der Waals surface area contributed by atoms with Crippen molar-refractivity contribution in [2.45, 2.75) is 13.0 Å². The van der Waals surface area contributed by atoms with Crippen molar-refractivity contribution in [3.63, 3.8) is 0 Å². The van der Waals surface area contributed by atoms with Crippen LogP contribution in [-0.4, -0.2) is 45.0 Å². The van der Waals surface area contributed by atoms with E-state index >= 15 is 0 Å².